The lowest BCUT2D eigenvalue weighted by atomic mass is 10.0. The van der Waals surface area contributed by atoms with E-state index in [0.717, 1.165) is 54.0 Å². The van der Waals surface area contributed by atoms with Gasteiger partial charge in [0.1, 0.15) is 18.0 Å². The fraction of sp³-hybridized carbons (Fsp3) is 0.556. The number of rotatable bonds is 5. The lowest BCUT2D eigenvalue weighted by molar-refractivity contribution is 0.396. The molecule has 8 heteroatoms. The number of aryl methyl sites for hydroxylation is 1. The van der Waals surface area contributed by atoms with E-state index >= 15 is 0 Å². The minimum absolute atomic E-state index is 0.357. The minimum Gasteiger partial charge on any atom is -0.481 e. The van der Waals surface area contributed by atoms with Crippen molar-refractivity contribution in [2.24, 2.45) is 0 Å². The Labute approximate surface area is 159 Å². The SMILES string of the molecule is COc1cc(N(C)C2CCCN(c3nc(SC)nc(C)c3C)C2)ncn1. The molecule has 0 aliphatic carbocycles. The van der Waals surface area contributed by atoms with Crippen molar-refractivity contribution >= 4 is 23.4 Å². The Morgan fingerprint density at radius 2 is 2.08 bits per heavy atom. The van der Waals surface area contributed by atoms with Crippen molar-refractivity contribution in [1.82, 2.24) is 19.9 Å². The number of ether oxygens (including phenoxy) is 1. The third-order valence-corrected chi connectivity index (χ3v) is 5.52. The van der Waals surface area contributed by atoms with Crippen LogP contribution in [0.15, 0.2) is 17.6 Å². The Bertz CT molecular complexity index is 771. The highest BCUT2D eigenvalue weighted by Crippen LogP contribution is 2.28. The van der Waals surface area contributed by atoms with Gasteiger partial charge in [-0.15, -0.1) is 0 Å². The molecule has 0 bridgehead atoms. The van der Waals surface area contributed by atoms with Crippen molar-refractivity contribution in [2.45, 2.75) is 37.9 Å². The Morgan fingerprint density at radius 1 is 1.27 bits per heavy atom. The lowest BCUT2D eigenvalue weighted by Crippen LogP contribution is -2.47. The molecule has 2 aromatic heterocycles. The first kappa shape index (κ1) is 18.7. The minimum atomic E-state index is 0.357. The topological polar surface area (TPSA) is 67.3 Å². The van der Waals surface area contributed by atoms with E-state index in [-0.39, 0.29) is 0 Å². The largest absolute Gasteiger partial charge is 0.481 e. The van der Waals surface area contributed by atoms with E-state index in [1.54, 1.807) is 25.2 Å². The van der Waals surface area contributed by atoms with Gasteiger partial charge in [0.15, 0.2) is 5.16 Å². The standard InChI is InChI=1S/C18H26N6OS/c1-12-13(2)21-18(26-5)22-17(12)24-8-6-7-14(10-24)23(3)15-9-16(25-4)20-11-19-15/h9,11,14H,6-8,10H2,1-5H3. The number of hydrogen-bond acceptors (Lipinski definition) is 8. The molecule has 1 fully saturated rings. The maximum atomic E-state index is 5.23. The van der Waals surface area contributed by atoms with Gasteiger partial charge in [-0.3, -0.25) is 0 Å². The van der Waals surface area contributed by atoms with E-state index in [1.165, 1.54) is 0 Å². The normalized spacial score (nSPS) is 17.3. The average Bonchev–Trinajstić information content (AvgIpc) is 2.69. The molecule has 1 aliphatic heterocycles. The van der Waals surface area contributed by atoms with Gasteiger partial charge in [-0.25, -0.2) is 19.9 Å². The summed E-state index contributed by atoms with van der Waals surface area (Å²) >= 11 is 1.59. The third kappa shape index (κ3) is 3.85. The van der Waals surface area contributed by atoms with E-state index < -0.39 is 0 Å². The zero-order valence-electron chi connectivity index (χ0n) is 16.1. The molecular weight excluding hydrogens is 348 g/mol. The zero-order valence-corrected chi connectivity index (χ0v) is 16.9. The molecule has 2 aromatic rings. The van der Waals surface area contributed by atoms with Crippen molar-refractivity contribution < 1.29 is 4.74 Å². The van der Waals surface area contributed by atoms with Gasteiger partial charge in [-0.2, -0.15) is 0 Å². The molecule has 0 radical (unpaired) electrons. The molecule has 140 valence electrons. The van der Waals surface area contributed by atoms with Crippen molar-refractivity contribution in [1.29, 1.82) is 0 Å². The van der Waals surface area contributed by atoms with Crippen LogP contribution in [-0.4, -0.2) is 59.5 Å². The second-order valence-corrected chi connectivity index (χ2v) is 7.29. The van der Waals surface area contributed by atoms with Crippen LogP contribution in [0.5, 0.6) is 5.88 Å². The fourth-order valence-electron chi connectivity index (χ4n) is 3.27. The summed E-state index contributed by atoms with van der Waals surface area (Å²) in [5.74, 6) is 2.52. The van der Waals surface area contributed by atoms with Crippen molar-refractivity contribution in [2.75, 3.05) is 43.3 Å². The van der Waals surface area contributed by atoms with Crippen molar-refractivity contribution in [3.63, 3.8) is 0 Å². The maximum absolute atomic E-state index is 5.23. The average molecular weight is 375 g/mol. The Hall–Kier alpha value is -2.09. The van der Waals surface area contributed by atoms with Gasteiger partial charge in [0.2, 0.25) is 5.88 Å². The van der Waals surface area contributed by atoms with Gasteiger partial charge in [-0.1, -0.05) is 11.8 Å². The third-order valence-electron chi connectivity index (χ3n) is 4.97. The number of methoxy groups -OCH3 is 1. The van der Waals surface area contributed by atoms with Crippen molar-refractivity contribution in [3.05, 3.63) is 23.7 Å². The van der Waals surface area contributed by atoms with Gasteiger partial charge >= 0.3 is 0 Å². The number of likely N-dealkylation sites (N-methyl/N-ethyl adjacent to an activating group) is 1. The fourth-order valence-corrected chi connectivity index (χ4v) is 3.68. The summed E-state index contributed by atoms with van der Waals surface area (Å²) in [7, 11) is 3.71. The molecule has 0 amide bonds. The predicted octanol–water partition coefficient (Wildman–Crippen LogP) is 2.72. The van der Waals surface area contributed by atoms with Gasteiger partial charge < -0.3 is 14.5 Å². The molecule has 1 saturated heterocycles. The highest BCUT2D eigenvalue weighted by atomic mass is 32.2. The molecule has 3 heterocycles. The van der Waals surface area contributed by atoms with Crippen LogP contribution in [-0.2, 0) is 0 Å². The summed E-state index contributed by atoms with van der Waals surface area (Å²) in [5.41, 5.74) is 2.21. The summed E-state index contributed by atoms with van der Waals surface area (Å²) in [4.78, 5) is 22.4. The molecule has 1 aliphatic rings. The molecule has 0 aromatic carbocycles. The highest BCUT2D eigenvalue weighted by Gasteiger charge is 2.26. The Morgan fingerprint density at radius 3 is 2.81 bits per heavy atom. The van der Waals surface area contributed by atoms with Gasteiger partial charge in [0.05, 0.1) is 7.11 Å². The van der Waals surface area contributed by atoms with Crippen LogP contribution in [0, 0.1) is 13.8 Å². The summed E-state index contributed by atoms with van der Waals surface area (Å²) in [5, 5.41) is 0.833. The predicted molar refractivity (Wildman–Crippen MR) is 106 cm³/mol. The molecular formula is C18H26N6OS. The van der Waals surface area contributed by atoms with E-state index in [4.69, 9.17) is 9.72 Å². The summed E-state index contributed by atoms with van der Waals surface area (Å²) in [6.07, 6.45) is 5.81. The van der Waals surface area contributed by atoms with Gasteiger partial charge in [-0.05, 0) is 32.9 Å². The second-order valence-electron chi connectivity index (χ2n) is 6.52. The van der Waals surface area contributed by atoms with E-state index in [9.17, 15) is 0 Å². The first-order valence-corrected chi connectivity index (χ1v) is 9.99. The molecule has 7 nitrogen and oxygen atoms in total. The van der Waals surface area contributed by atoms with Gasteiger partial charge in [0, 0.05) is 43.5 Å². The molecule has 0 saturated carbocycles. The van der Waals surface area contributed by atoms with Crippen LogP contribution in [0.1, 0.15) is 24.1 Å². The van der Waals surface area contributed by atoms with Crippen molar-refractivity contribution in [3.8, 4) is 5.88 Å². The Kier molecular flexibility index (Phi) is 5.80. The van der Waals surface area contributed by atoms with E-state index in [0.29, 0.717) is 11.9 Å². The van der Waals surface area contributed by atoms with Crippen LogP contribution < -0.4 is 14.5 Å². The summed E-state index contributed by atoms with van der Waals surface area (Å²) in [6.45, 7) is 6.09. The molecule has 1 atom stereocenters. The second kappa shape index (κ2) is 8.07. The highest BCUT2D eigenvalue weighted by molar-refractivity contribution is 7.98. The number of aromatic nitrogens is 4. The summed E-state index contributed by atoms with van der Waals surface area (Å²) < 4.78 is 5.23. The van der Waals surface area contributed by atoms with Crippen LogP contribution in [0.3, 0.4) is 0 Å². The molecule has 0 N–H and O–H groups in total. The summed E-state index contributed by atoms with van der Waals surface area (Å²) in [6, 6.07) is 2.24. The number of anilines is 2. The van der Waals surface area contributed by atoms with Crippen LogP contribution in [0.2, 0.25) is 0 Å². The zero-order chi connectivity index (χ0) is 18.7. The smallest absolute Gasteiger partial charge is 0.218 e. The molecule has 26 heavy (non-hydrogen) atoms. The number of piperidine rings is 1. The molecule has 1 unspecified atom stereocenters. The van der Waals surface area contributed by atoms with Crippen LogP contribution in [0.4, 0.5) is 11.6 Å². The maximum Gasteiger partial charge on any atom is 0.218 e. The van der Waals surface area contributed by atoms with Gasteiger partial charge in [0.25, 0.3) is 0 Å². The first-order valence-electron chi connectivity index (χ1n) is 8.76. The lowest BCUT2D eigenvalue weighted by Gasteiger charge is -2.39. The van der Waals surface area contributed by atoms with Crippen LogP contribution >= 0.6 is 11.8 Å². The number of hydrogen-bond donors (Lipinski definition) is 0. The molecule has 0 spiro atoms. The molecule has 3 rings (SSSR count). The monoisotopic (exact) mass is 374 g/mol. The number of nitrogens with zero attached hydrogens (tertiary/aromatic N) is 6. The first-order chi connectivity index (χ1) is 12.5. The number of thioether (sulfide) groups is 1. The van der Waals surface area contributed by atoms with E-state index in [1.807, 2.05) is 12.3 Å². The van der Waals surface area contributed by atoms with E-state index in [2.05, 4.69) is 45.6 Å². The quantitative estimate of drug-likeness (QED) is 0.585. The Balaban J connectivity index is 1.82. The van der Waals surface area contributed by atoms with Crippen LogP contribution in [0.25, 0.3) is 0 Å².